The highest BCUT2D eigenvalue weighted by Crippen LogP contribution is 2.32. The highest BCUT2D eigenvalue weighted by Gasteiger charge is 2.16. The topological polar surface area (TPSA) is 43.1 Å². The molecule has 0 N–H and O–H groups in total. The van der Waals surface area contributed by atoms with Gasteiger partial charge in [0.2, 0.25) is 5.52 Å². The van der Waals surface area contributed by atoms with Crippen molar-refractivity contribution in [3.63, 3.8) is 0 Å². The van der Waals surface area contributed by atoms with Crippen molar-refractivity contribution in [3.8, 4) is 9.88 Å². The maximum absolute atomic E-state index is 11.6. The number of aromatic nitrogens is 2. The number of hydrogen-bond donors (Lipinski definition) is 0. The Morgan fingerprint density at radius 1 is 1.14 bits per heavy atom. The summed E-state index contributed by atoms with van der Waals surface area (Å²) in [5.74, 6) is -0.309. The molecule has 0 saturated carbocycles. The van der Waals surface area contributed by atoms with Gasteiger partial charge in [0, 0.05) is 23.2 Å². The van der Waals surface area contributed by atoms with E-state index < -0.39 is 0 Å². The lowest BCUT2D eigenvalue weighted by Gasteiger charge is -1.92. The molecule has 0 aliphatic rings. The van der Waals surface area contributed by atoms with Gasteiger partial charge < -0.3 is 28.7 Å². The van der Waals surface area contributed by atoms with Crippen LogP contribution in [0.5, 0.6) is 0 Å². The Morgan fingerprint density at radius 3 is 2.75 bits per heavy atom. The zero-order valence-electron chi connectivity index (χ0n) is 15.2. The number of benzene rings is 1. The maximum atomic E-state index is 11.6. The van der Waals surface area contributed by atoms with Gasteiger partial charge in [-0.2, -0.15) is 4.57 Å². The molecule has 1 aromatic carbocycles. The second-order valence-electron chi connectivity index (χ2n) is 5.71. The number of methoxy groups -OCH3 is 1. The van der Waals surface area contributed by atoms with Gasteiger partial charge in [0.15, 0.2) is 0 Å². The fourth-order valence-electron chi connectivity index (χ4n) is 2.80. The van der Waals surface area contributed by atoms with Crippen LogP contribution in [-0.4, -0.2) is 18.1 Å². The first-order valence-corrected chi connectivity index (χ1v) is 10.9. The quantitative estimate of drug-likeness (QED) is 0.222. The lowest BCUT2D eigenvalue weighted by Crippen LogP contribution is -3.00. The average molecular weight is 540 g/mol. The minimum Gasteiger partial charge on any atom is -1.00 e. The van der Waals surface area contributed by atoms with Crippen LogP contribution in [0.1, 0.15) is 26.5 Å². The van der Waals surface area contributed by atoms with Gasteiger partial charge in [-0.15, -0.1) is 22.7 Å². The highest BCUT2D eigenvalue weighted by molar-refractivity contribution is 7.23. The number of nitrogens with zero attached hydrogens (tertiary/aromatic N) is 2. The summed E-state index contributed by atoms with van der Waals surface area (Å²) >= 11 is 4.81. The van der Waals surface area contributed by atoms with Crippen LogP contribution in [0, 0.1) is 0 Å². The normalized spacial score (nSPS) is 11.1. The molecule has 0 radical (unpaired) electrons. The van der Waals surface area contributed by atoms with Crippen molar-refractivity contribution in [2.75, 3.05) is 7.11 Å². The van der Waals surface area contributed by atoms with Crippen molar-refractivity contribution in [1.29, 1.82) is 0 Å². The monoisotopic (exact) mass is 540 g/mol. The molecule has 0 aliphatic heterocycles. The van der Waals surface area contributed by atoms with Crippen molar-refractivity contribution in [2.45, 2.75) is 13.5 Å². The number of carbonyl (C=O) groups excluding carboxylic acids is 1. The van der Waals surface area contributed by atoms with E-state index in [2.05, 4.69) is 52.9 Å². The number of ether oxygens (including phenoxy) is 1. The molecule has 3 heterocycles. The summed E-state index contributed by atoms with van der Waals surface area (Å²) in [6.45, 7) is 3.10. The molecule has 0 unspecified atom stereocenters. The molecule has 8 heteroatoms. The van der Waals surface area contributed by atoms with E-state index >= 15 is 0 Å². The largest absolute Gasteiger partial charge is 1.00 e. The first-order valence-electron chi connectivity index (χ1n) is 8.43. The Kier molecular flexibility index (Phi) is 6.97. The predicted molar refractivity (Wildman–Crippen MR) is 113 cm³/mol. The Balaban J connectivity index is 0.00000225. The van der Waals surface area contributed by atoms with Gasteiger partial charge >= 0.3 is 5.97 Å². The Bertz CT molecular complexity index is 1140. The van der Waals surface area contributed by atoms with E-state index in [0.717, 1.165) is 21.3 Å². The third-order valence-electron chi connectivity index (χ3n) is 4.07. The number of carbonyl (C=O) groups is 1. The number of esters is 1. The summed E-state index contributed by atoms with van der Waals surface area (Å²) in [6, 6.07) is 12.2. The fraction of sp³-hybridized carbons (Fsp3) is 0.150. The highest BCUT2D eigenvalue weighted by atomic mass is 127. The van der Waals surface area contributed by atoms with E-state index in [0.29, 0.717) is 4.88 Å². The number of thiazole rings is 2. The lowest BCUT2D eigenvalue weighted by molar-refractivity contribution is -0.665. The molecule has 0 atom stereocenters. The first kappa shape index (κ1) is 21.1. The summed E-state index contributed by atoms with van der Waals surface area (Å²) in [4.78, 5) is 18.8. The lowest BCUT2D eigenvalue weighted by atomic mass is 10.3. The maximum Gasteiger partial charge on any atom is 0.348 e. The van der Waals surface area contributed by atoms with Crippen LogP contribution in [-0.2, 0) is 11.3 Å². The Hall–Kier alpha value is -1.62. The van der Waals surface area contributed by atoms with Crippen molar-refractivity contribution in [3.05, 3.63) is 57.4 Å². The number of rotatable bonds is 5. The van der Waals surface area contributed by atoms with Gasteiger partial charge in [0.25, 0.3) is 5.01 Å². The zero-order chi connectivity index (χ0) is 18.8. The summed E-state index contributed by atoms with van der Waals surface area (Å²) in [7, 11) is 1.39. The van der Waals surface area contributed by atoms with Crippen molar-refractivity contribution in [2.24, 2.45) is 0 Å². The smallest absolute Gasteiger partial charge is 0.348 e. The number of aryl methyl sites for hydroxylation is 1. The summed E-state index contributed by atoms with van der Waals surface area (Å²) < 4.78 is 8.38. The molecule has 4 nitrogen and oxygen atoms in total. The summed E-state index contributed by atoms with van der Waals surface area (Å²) in [5, 5.41) is 2.13. The standard InChI is InChI=1S/C20H17N2O2S3.HI/c1-3-22-14-6-4-5-7-15(14)27-18(22)11-8-13-12-21-19(25-13)16-9-10-17(26-16)20(23)24-2;/h4-12H,3H2,1-2H3;1H/q+1;/p-1. The minimum atomic E-state index is -0.309. The number of thiophene rings is 1. The molecule has 0 fully saturated rings. The molecule has 28 heavy (non-hydrogen) atoms. The molecule has 0 amide bonds. The minimum absolute atomic E-state index is 0. The van der Waals surface area contributed by atoms with E-state index in [1.54, 1.807) is 28.7 Å². The van der Waals surface area contributed by atoms with E-state index in [1.807, 2.05) is 12.3 Å². The van der Waals surface area contributed by atoms with Crippen molar-refractivity contribution >= 4 is 62.3 Å². The molecule has 4 rings (SSSR count). The molecule has 144 valence electrons. The third-order valence-corrected chi connectivity index (χ3v) is 7.40. The molecule has 0 aliphatic carbocycles. The van der Waals surface area contributed by atoms with Gasteiger partial charge in [-0.25, -0.2) is 9.78 Å². The first-order chi connectivity index (χ1) is 13.2. The second-order valence-corrected chi connectivity index (χ2v) is 8.92. The zero-order valence-corrected chi connectivity index (χ0v) is 19.8. The van der Waals surface area contributed by atoms with Crippen molar-refractivity contribution < 1.29 is 38.1 Å². The average Bonchev–Trinajstić information content (AvgIpc) is 3.42. The number of hydrogen-bond acceptors (Lipinski definition) is 6. The summed E-state index contributed by atoms with van der Waals surface area (Å²) in [6.07, 6.45) is 6.13. The molecule has 0 spiro atoms. The molecule has 0 saturated heterocycles. The van der Waals surface area contributed by atoms with Crippen LogP contribution >= 0.6 is 34.0 Å². The van der Waals surface area contributed by atoms with Crippen LogP contribution in [0.15, 0.2) is 42.6 Å². The van der Waals surface area contributed by atoms with E-state index in [1.165, 1.54) is 33.7 Å². The van der Waals surface area contributed by atoms with Crippen molar-refractivity contribution in [1.82, 2.24) is 4.98 Å². The Labute approximate surface area is 192 Å². The van der Waals surface area contributed by atoms with Gasteiger partial charge in [-0.05, 0) is 31.2 Å². The van der Waals surface area contributed by atoms with E-state index in [9.17, 15) is 4.79 Å². The predicted octanol–water partition coefficient (Wildman–Crippen LogP) is 2.35. The SMILES string of the molecule is CC[n+]1c(/C=C/c2cnc(-c3ccc(C(=O)OC)s3)s2)sc2ccccc21.[I-]. The molecular formula is C20H17IN2O2S3. The Morgan fingerprint density at radius 2 is 1.96 bits per heavy atom. The van der Waals surface area contributed by atoms with E-state index in [-0.39, 0.29) is 29.9 Å². The summed E-state index contributed by atoms with van der Waals surface area (Å²) in [5.41, 5.74) is 1.27. The second kappa shape index (κ2) is 9.25. The molecule has 0 bridgehead atoms. The van der Waals surface area contributed by atoms with Gasteiger partial charge in [0.1, 0.15) is 21.1 Å². The fourth-order valence-corrected chi connectivity index (χ4v) is 5.73. The van der Waals surface area contributed by atoms with Gasteiger partial charge in [-0.3, -0.25) is 0 Å². The number of halogens is 1. The number of fused-ring (bicyclic) bond motifs is 1. The van der Waals surface area contributed by atoms with Crippen LogP contribution in [0.3, 0.4) is 0 Å². The van der Waals surface area contributed by atoms with Gasteiger partial charge in [0.05, 0.1) is 12.0 Å². The molecular weight excluding hydrogens is 523 g/mol. The van der Waals surface area contributed by atoms with Crippen LogP contribution in [0.2, 0.25) is 0 Å². The van der Waals surface area contributed by atoms with Crippen LogP contribution in [0.25, 0.3) is 32.3 Å². The molecule has 4 aromatic rings. The van der Waals surface area contributed by atoms with Gasteiger partial charge in [-0.1, -0.05) is 23.5 Å². The van der Waals surface area contributed by atoms with Crippen LogP contribution in [0.4, 0.5) is 0 Å². The number of para-hydroxylation sites is 1. The molecule has 3 aromatic heterocycles. The van der Waals surface area contributed by atoms with Crippen LogP contribution < -0.4 is 28.5 Å². The van der Waals surface area contributed by atoms with E-state index in [4.69, 9.17) is 4.74 Å². The third kappa shape index (κ3) is 4.19.